The molecule has 112 valence electrons. The van der Waals surface area contributed by atoms with Gasteiger partial charge in [0.15, 0.2) is 5.96 Å². The van der Waals surface area contributed by atoms with Crippen molar-refractivity contribution in [1.29, 1.82) is 0 Å². The number of hydrogen-bond donors (Lipinski definition) is 2. The topological polar surface area (TPSA) is 36.4 Å². The third-order valence-corrected chi connectivity index (χ3v) is 3.27. The molecule has 0 radical (unpaired) electrons. The van der Waals surface area contributed by atoms with E-state index in [1.54, 1.807) is 0 Å². The Balaban J connectivity index is 0.00000324. The van der Waals surface area contributed by atoms with E-state index in [4.69, 9.17) is 0 Å². The minimum Gasteiger partial charge on any atom is -0.356 e. The van der Waals surface area contributed by atoms with Gasteiger partial charge in [-0.3, -0.25) is 4.99 Å². The van der Waals surface area contributed by atoms with E-state index >= 15 is 0 Å². The van der Waals surface area contributed by atoms with E-state index in [2.05, 4.69) is 55.5 Å². The summed E-state index contributed by atoms with van der Waals surface area (Å²) in [4.78, 5) is 4.30. The number of nitrogens with zero attached hydrogens (tertiary/aromatic N) is 1. The number of guanidine groups is 1. The molecule has 1 aliphatic rings. The summed E-state index contributed by atoms with van der Waals surface area (Å²) in [6.07, 6.45) is 7.90. The molecular weight excluding hydrogens is 349 g/mol. The van der Waals surface area contributed by atoms with Crippen molar-refractivity contribution in [1.82, 2.24) is 10.6 Å². The van der Waals surface area contributed by atoms with Crippen LogP contribution in [0, 0.1) is 11.3 Å². The fourth-order valence-corrected chi connectivity index (χ4v) is 2.62. The second kappa shape index (κ2) is 8.82. The Morgan fingerprint density at radius 1 is 1.32 bits per heavy atom. The molecule has 0 aliphatic heterocycles. The van der Waals surface area contributed by atoms with Crippen LogP contribution in [0.15, 0.2) is 17.1 Å². The first kappa shape index (κ1) is 18.7. The Labute approximate surface area is 135 Å². The van der Waals surface area contributed by atoms with Crippen LogP contribution in [0.25, 0.3) is 0 Å². The monoisotopic (exact) mass is 379 g/mol. The van der Waals surface area contributed by atoms with Crippen LogP contribution in [-0.4, -0.2) is 25.6 Å². The van der Waals surface area contributed by atoms with Crippen molar-refractivity contribution < 1.29 is 0 Å². The largest absolute Gasteiger partial charge is 0.356 e. The minimum atomic E-state index is 0. The zero-order valence-electron chi connectivity index (χ0n) is 13.0. The summed E-state index contributed by atoms with van der Waals surface area (Å²) in [5.41, 5.74) is 0.305. The van der Waals surface area contributed by atoms with Crippen LogP contribution in [0.5, 0.6) is 0 Å². The van der Waals surface area contributed by atoms with E-state index in [1.165, 1.54) is 6.42 Å². The summed E-state index contributed by atoms with van der Waals surface area (Å²) >= 11 is 0. The molecule has 1 aliphatic carbocycles. The van der Waals surface area contributed by atoms with Gasteiger partial charge in [0.1, 0.15) is 0 Å². The molecule has 0 atom stereocenters. The molecule has 0 heterocycles. The second-order valence-electron chi connectivity index (χ2n) is 6.47. The van der Waals surface area contributed by atoms with Gasteiger partial charge in [-0.1, -0.05) is 39.8 Å². The van der Waals surface area contributed by atoms with Gasteiger partial charge in [0, 0.05) is 19.6 Å². The molecule has 0 saturated heterocycles. The number of hydrogen-bond acceptors (Lipinski definition) is 1. The molecule has 2 N–H and O–H groups in total. The van der Waals surface area contributed by atoms with Crippen LogP contribution in [0.1, 0.15) is 47.0 Å². The zero-order valence-corrected chi connectivity index (χ0v) is 15.3. The summed E-state index contributed by atoms with van der Waals surface area (Å²) in [5.74, 6) is 1.66. The lowest BCUT2D eigenvalue weighted by molar-refractivity contribution is 0.286. The maximum atomic E-state index is 4.30. The first-order valence-electron chi connectivity index (χ1n) is 7.05. The standard InChI is InChI=1S/C15H29N3.HI/c1-12(2)10-15(3,4)11-17-14(16-5)18-13-8-6-7-9-13;/h6-7,12-13H,8-11H2,1-5H3,(H2,16,17,18);1H. The van der Waals surface area contributed by atoms with Gasteiger partial charge in [0.25, 0.3) is 0 Å². The molecule has 0 unspecified atom stereocenters. The van der Waals surface area contributed by atoms with E-state index in [1.807, 2.05) is 7.05 Å². The van der Waals surface area contributed by atoms with Gasteiger partial charge in [-0.2, -0.15) is 0 Å². The predicted molar refractivity (Wildman–Crippen MR) is 95.3 cm³/mol. The van der Waals surface area contributed by atoms with Crippen molar-refractivity contribution in [2.75, 3.05) is 13.6 Å². The second-order valence-corrected chi connectivity index (χ2v) is 6.47. The molecule has 19 heavy (non-hydrogen) atoms. The molecule has 0 bridgehead atoms. The van der Waals surface area contributed by atoms with Crippen molar-refractivity contribution in [3.05, 3.63) is 12.2 Å². The van der Waals surface area contributed by atoms with E-state index in [0.29, 0.717) is 11.5 Å². The third-order valence-electron chi connectivity index (χ3n) is 3.27. The maximum Gasteiger partial charge on any atom is 0.191 e. The van der Waals surface area contributed by atoms with Crippen LogP contribution >= 0.6 is 24.0 Å². The fraction of sp³-hybridized carbons (Fsp3) is 0.800. The normalized spacial score (nSPS) is 16.6. The van der Waals surface area contributed by atoms with E-state index in [0.717, 1.165) is 31.3 Å². The number of rotatable bonds is 5. The van der Waals surface area contributed by atoms with Crippen LogP contribution in [0.4, 0.5) is 0 Å². The Morgan fingerprint density at radius 2 is 1.89 bits per heavy atom. The van der Waals surface area contributed by atoms with Crippen molar-refractivity contribution in [3.8, 4) is 0 Å². The molecule has 0 fully saturated rings. The first-order valence-corrected chi connectivity index (χ1v) is 7.05. The van der Waals surface area contributed by atoms with Crippen molar-refractivity contribution >= 4 is 29.9 Å². The average molecular weight is 379 g/mol. The number of halogens is 1. The molecule has 0 aromatic carbocycles. The molecule has 0 aromatic rings. The van der Waals surface area contributed by atoms with Gasteiger partial charge in [0.05, 0.1) is 0 Å². The first-order chi connectivity index (χ1) is 8.43. The SMILES string of the molecule is CN=C(NCC(C)(C)CC(C)C)NC1CC=CC1.I. The van der Waals surface area contributed by atoms with Gasteiger partial charge >= 0.3 is 0 Å². The highest BCUT2D eigenvalue weighted by Gasteiger charge is 2.20. The van der Waals surface area contributed by atoms with E-state index in [9.17, 15) is 0 Å². The highest BCUT2D eigenvalue weighted by atomic mass is 127. The summed E-state index contributed by atoms with van der Waals surface area (Å²) in [6.45, 7) is 10.1. The van der Waals surface area contributed by atoms with Crippen LogP contribution < -0.4 is 10.6 Å². The van der Waals surface area contributed by atoms with Crippen molar-refractivity contribution in [2.24, 2.45) is 16.3 Å². The van der Waals surface area contributed by atoms with Crippen LogP contribution in [0.3, 0.4) is 0 Å². The summed E-state index contributed by atoms with van der Waals surface area (Å²) < 4.78 is 0. The highest BCUT2D eigenvalue weighted by Crippen LogP contribution is 2.24. The van der Waals surface area contributed by atoms with Gasteiger partial charge in [-0.05, 0) is 30.6 Å². The quantitative estimate of drug-likeness (QED) is 0.332. The Kier molecular flexibility index (Phi) is 8.70. The molecule has 0 amide bonds. The fourth-order valence-electron chi connectivity index (χ4n) is 2.62. The smallest absolute Gasteiger partial charge is 0.191 e. The Bertz CT molecular complexity index is 301. The summed E-state index contributed by atoms with van der Waals surface area (Å²) in [6, 6.07) is 0.518. The van der Waals surface area contributed by atoms with Gasteiger partial charge in [-0.25, -0.2) is 0 Å². The Hall–Kier alpha value is -0.260. The van der Waals surface area contributed by atoms with Crippen molar-refractivity contribution in [2.45, 2.75) is 53.0 Å². The third kappa shape index (κ3) is 7.80. The lowest BCUT2D eigenvalue weighted by Crippen LogP contribution is -2.45. The molecule has 3 nitrogen and oxygen atoms in total. The maximum absolute atomic E-state index is 4.30. The average Bonchev–Trinajstić information content (AvgIpc) is 2.75. The van der Waals surface area contributed by atoms with Gasteiger partial charge in [-0.15, -0.1) is 24.0 Å². The molecule has 0 spiro atoms. The number of aliphatic imine (C=N–C) groups is 1. The van der Waals surface area contributed by atoms with E-state index in [-0.39, 0.29) is 24.0 Å². The van der Waals surface area contributed by atoms with E-state index < -0.39 is 0 Å². The molecular formula is C15H30IN3. The predicted octanol–water partition coefficient (Wildman–Crippen LogP) is 3.56. The van der Waals surface area contributed by atoms with Gasteiger partial charge < -0.3 is 10.6 Å². The van der Waals surface area contributed by atoms with Crippen molar-refractivity contribution in [3.63, 3.8) is 0 Å². The lowest BCUT2D eigenvalue weighted by atomic mass is 9.84. The Morgan fingerprint density at radius 3 is 2.37 bits per heavy atom. The summed E-state index contributed by atoms with van der Waals surface area (Å²) in [7, 11) is 1.84. The molecule has 4 heteroatoms. The zero-order chi connectivity index (χ0) is 13.6. The lowest BCUT2D eigenvalue weighted by Gasteiger charge is -2.28. The number of nitrogens with one attached hydrogen (secondary N) is 2. The van der Waals surface area contributed by atoms with Gasteiger partial charge in [0.2, 0.25) is 0 Å². The summed E-state index contributed by atoms with van der Waals surface area (Å²) in [5, 5.41) is 6.92. The molecule has 0 aromatic heterocycles. The minimum absolute atomic E-state index is 0. The highest BCUT2D eigenvalue weighted by molar-refractivity contribution is 14.0. The molecule has 1 rings (SSSR count). The van der Waals surface area contributed by atoms with Crippen LogP contribution in [-0.2, 0) is 0 Å². The van der Waals surface area contributed by atoms with Crippen LogP contribution in [0.2, 0.25) is 0 Å². The molecule has 0 saturated carbocycles.